The van der Waals surface area contributed by atoms with Crippen molar-refractivity contribution in [3.8, 4) is 5.75 Å². The van der Waals surface area contributed by atoms with Crippen LogP contribution in [0.3, 0.4) is 0 Å². The SMILES string of the molecule is CCc1oc(N2CC(CC)(CC)C2)nc1C(=O)Nc1cc(F)c(OC2CC3CC3C2)c(Cl)c1. The van der Waals surface area contributed by atoms with Crippen LogP contribution in [0.1, 0.15) is 69.1 Å². The lowest BCUT2D eigenvalue weighted by atomic mass is 9.75. The van der Waals surface area contributed by atoms with Gasteiger partial charge in [0.1, 0.15) is 5.76 Å². The van der Waals surface area contributed by atoms with E-state index in [2.05, 4.69) is 29.0 Å². The van der Waals surface area contributed by atoms with Gasteiger partial charge in [-0.1, -0.05) is 32.4 Å². The van der Waals surface area contributed by atoms with Crippen molar-refractivity contribution in [1.29, 1.82) is 0 Å². The lowest BCUT2D eigenvalue weighted by Crippen LogP contribution is -2.56. The molecule has 1 amide bonds. The molecular weight excluding hydrogens is 445 g/mol. The van der Waals surface area contributed by atoms with Gasteiger partial charge in [-0.3, -0.25) is 4.79 Å². The molecule has 1 aromatic heterocycles. The molecular formula is C25H31ClFN3O3. The van der Waals surface area contributed by atoms with Crippen LogP contribution in [0.2, 0.25) is 5.02 Å². The van der Waals surface area contributed by atoms with Gasteiger partial charge in [-0.05, 0) is 50.0 Å². The summed E-state index contributed by atoms with van der Waals surface area (Å²) in [6, 6.07) is 3.23. The highest BCUT2D eigenvalue weighted by Crippen LogP contribution is 2.53. The molecule has 33 heavy (non-hydrogen) atoms. The van der Waals surface area contributed by atoms with Gasteiger partial charge in [0.15, 0.2) is 17.3 Å². The maximum atomic E-state index is 14.8. The third-order valence-corrected chi connectivity index (χ3v) is 8.07. The van der Waals surface area contributed by atoms with Gasteiger partial charge in [0.25, 0.3) is 11.9 Å². The van der Waals surface area contributed by atoms with Gasteiger partial charge >= 0.3 is 0 Å². The predicted molar refractivity (Wildman–Crippen MR) is 126 cm³/mol. The van der Waals surface area contributed by atoms with Gasteiger partial charge in [0, 0.05) is 36.7 Å². The Labute approximate surface area is 198 Å². The third-order valence-electron chi connectivity index (χ3n) is 7.79. The summed E-state index contributed by atoms with van der Waals surface area (Å²) in [7, 11) is 0. The molecule has 8 heteroatoms. The Bertz CT molecular complexity index is 1030. The van der Waals surface area contributed by atoms with Crippen molar-refractivity contribution >= 4 is 29.2 Å². The Morgan fingerprint density at radius 3 is 2.55 bits per heavy atom. The molecule has 1 N–H and O–H groups in total. The molecule has 2 heterocycles. The zero-order valence-electron chi connectivity index (χ0n) is 19.4. The molecule has 5 rings (SSSR count). The standard InChI is InChI=1S/C25H31ClFN3O3/c1-4-20-21(29-24(33-20)30-12-25(5-2,6-3)13-30)23(31)28-16-10-18(26)22(19(27)11-16)32-17-8-14-7-15(14)9-17/h10-11,14-15,17H,4-9,12-13H2,1-3H3,(H,28,31). The normalized spacial score (nSPS) is 24.9. The topological polar surface area (TPSA) is 67.6 Å². The summed E-state index contributed by atoms with van der Waals surface area (Å²) in [5.74, 6) is 1.01. The Morgan fingerprint density at radius 1 is 1.24 bits per heavy atom. The molecule has 3 fully saturated rings. The number of fused-ring (bicyclic) bond motifs is 1. The summed E-state index contributed by atoms with van der Waals surface area (Å²) in [6.07, 6.45) is 5.93. The van der Waals surface area contributed by atoms with E-state index in [-0.39, 0.29) is 28.3 Å². The number of hydrogen-bond donors (Lipinski definition) is 1. The van der Waals surface area contributed by atoms with Crippen molar-refractivity contribution in [2.45, 2.75) is 65.4 Å². The van der Waals surface area contributed by atoms with Crippen molar-refractivity contribution in [3.63, 3.8) is 0 Å². The quantitative estimate of drug-likeness (QED) is 0.500. The molecule has 1 saturated heterocycles. The minimum absolute atomic E-state index is 0.0162. The summed E-state index contributed by atoms with van der Waals surface area (Å²) < 4.78 is 26.5. The molecule has 6 nitrogen and oxygen atoms in total. The first-order chi connectivity index (χ1) is 15.8. The minimum Gasteiger partial charge on any atom is -0.486 e. The van der Waals surface area contributed by atoms with Crippen molar-refractivity contribution in [3.05, 3.63) is 34.4 Å². The number of nitrogens with one attached hydrogen (secondary N) is 1. The molecule has 2 saturated carbocycles. The second-order valence-electron chi connectivity index (χ2n) is 9.88. The molecule has 0 bridgehead atoms. The second kappa shape index (κ2) is 8.49. The molecule has 178 valence electrons. The van der Waals surface area contributed by atoms with Crippen LogP contribution in [0.25, 0.3) is 0 Å². The molecule has 2 aromatic rings. The van der Waals surface area contributed by atoms with E-state index < -0.39 is 11.7 Å². The first-order valence-electron chi connectivity index (χ1n) is 12.1. The largest absolute Gasteiger partial charge is 0.486 e. The van der Waals surface area contributed by atoms with E-state index in [1.165, 1.54) is 18.6 Å². The van der Waals surface area contributed by atoms with Gasteiger partial charge in [-0.25, -0.2) is 4.39 Å². The summed E-state index contributed by atoms with van der Waals surface area (Å²) in [5.41, 5.74) is 0.774. The van der Waals surface area contributed by atoms with Crippen LogP contribution in [-0.4, -0.2) is 30.1 Å². The van der Waals surface area contributed by atoms with Gasteiger partial charge in [-0.15, -0.1) is 0 Å². The maximum Gasteiger partial charge on any atom is 0.298 e. The number of benzene rings is 1. The third kappa shape index (κ3) is 4.20. The number of nitrogens with zero attached hydrogens (tertiary/aromatic N) is 2. The number of carbonyl (C=O) groups excluding carboxylic acids is 1. The highest BCUT2D eigenvalue weighted by atomic mass is 35.5. The number of aryl methyl sites for hydroxylation is 1. The van der Waals surface area contributed by atoms with Crippen LogP contribution in [0.4, 0.5) is 16.1 Å². The molecule has 0 spiro atoms. The van der Waals surface area contributed by atoms with E-state index in [1.807, 2.05) is 6.92 Å². The van der Waals surface area contributed by atoms with Gasteiger partial charge in [0.2, 0.25) is 0 Å². The maximum absolute atomic E-state index is 14.8. The average molecular weight is 476 g/mol. The molecule has 2 aliphatic carbocycles. The smallest absolute Gasteiger partial charge is 0.298 e. The van der Waals surface area contributed by atoms with Gasteiger partial charge in [0.05, 0.1) is 11.1 Å². The number of hydrogen-bond acceptors (Lipinski definition) is 5. The number of oxazole rings is 1. The van der Waals surface area contributed by atoms with E-state index in [4.69, 9.17) is 20.8 Å². The molecule has 0 radical (unpaired) electrons. The first-order valence-corrected chi connectivity index (χ1v) is 12.4. The number of amides is 1. The van der Waals surface area contributed by atoms with Crippen molar-refractivity contribution in [2.24, 2.45) is 17.3 Å². The molecule has 2 atom stereocenters. The fourth-order valence-electron chi connectivity index (χ4n) is 5.34. The van der Waals surface area contributed by atoms with Crippen LogP contribution < -0.4 is 15.0 Å². The lowest BCUT2D eigenvalue weighted by Gasteiger charge is -2.48. The van der Waals surface area contributed by atoms with Crippen LogP contribution >= 0.6 is 11.6 Å². The zero-order valence-corrected chi connectivity index (χ0v) is 20.2. The van der Waals surface area contributed by atoms with Gasteiger partial charge < -0.3 is 19.4 Å². The number of ether oxygens (including phenoxy) is 1. The van der Waals surface area contributed by atoms with Crippen LogP contribution in [0.5, 0.6) is 5.75 Å². The van der Waals surface area contributed by atoms with E-state index in [9.17, 15) is 9.18 Å². The van der Waals surface area contributed by atoms with E-state index in [0.717, 1.165) is 50.6 Å². The minimum atomic E-state index is -0.578. The van der Waals surface area contributed by atoms with Crippen LogP contribution in [0, 0.1) is 23.1 Å². The average Bonchev–Trinajstić information content (AvgIpc) is 3.18. The number of rotatable bonds is 8. The highest BCUT2D eigenvalue weighted by Gasteiger charge is 2.47. The van der Waals surface area contributed by atoms with Crippen LogP contribution in [0.15, 0.2) is 16.5 Å². The molecule has 1 aromatic carbocycles. The highest BCUT2D eigenvalue weighted by molar-refractivity contribution is 6.32. The zero-order chi connectivity index (χ0) is 23.3. The Kier molecular flexibility index (Phi) is 5.79. The van der Waals surface area contributed by atoms with Gasteiger partial charge in [-0.2, -0.15) is 4.98 Å². The first kappa shape index (κ1) is 22.5. The van der Waals surface area contributed by atoms with Crippen molar-refractivity contribution < 1.29 is 18.3 Å². The summed E-state index contributed by atoms with van der Waals surface area (Å²) >= 11 is 6.32. The summed E-state index contributed by atoms with van der Waals surface area (Å²) in [4.78, 5) is 19.5. The molecule has 1 aliphatic heterocycles. The molecule has 2 unspecified atom stereocenters. The monoisotopic (exact) mass is 475 g/mol. The van der Waals surface area contributed by atoms with E-state index >= 15 is 0 Å². The van der Waals surface area contributed by atoms with Crippen LogP contribution in [-0.2, 0) is 6.42 Å². The Morgan fingerprint density at radius 2 is 1.94 bits per heavy atom. The number of halogens is 2. The lowest BCUT2D eigenvalue weighted by molar-refractivity contribution is 0.102. The number of anilines is 2. The second-order valence-corrected chi connectivity index (χ2v) is 10.3. The fourth-order valence-corrected chi connectivity index (χ4v) is 5.60. The fraction of sp³-hybridized carbons (Fsp3) is 0.600. The van der Waals surface area contributed by atoms with Crippen molar-refractivity contribution in [1.82, 2.24) is 4.98 Å². The number of aromatic nitrogens is 1. The predicted octanol–water partition coefficient (Wildman–Crippen LogP) is 6.09. The van der Waals surface area contributed by atoms with E-state index in [0.29, 0.717) is 23.6 Å². The number of carbonyl (C=O) groups is 1. The Balaban J connectivity index is 1.28. The summed E-state index contributed by atoms with van der Waals surface area (Å²) in [6.45, 7) is 8.05. The summed E-state index contributed by atoms with van der Waals surface area (Å²) in [5, 5.41) is 2.87. The van der Waals surface area contributed by atoms with E-state index in [1.54, 1.807) is 0 Å². The molecule has 3 aliphatic rings. The van der Waals surface area contributed by atoms with Crippen molar-refractivity contribution in [2.75, 3.05) is 23.3 Å². The Hall–Kier alpha value is -2.28.